The smallest absolute Gasteiger partial charge is 0.265 e. The van der Waals surface area contributed by atoms with E-state index in [1.807, 2.05) is 30.3 Å². The molecule has 1 aromatic heterocycles. The lowest BCUT2D eigenvalue weighted by Gasteiger charge is -2.11. The molecule has 0 radical (unpaired) electrons. The molecule has 1 amide bonds. The Hall–Kier alpha value is -2.58. The van der Waals surface area contributed by atoms with Crippen molar-refractivity contribution in [2.24, 2.45) is 0 Å². The van der Waals surface area contributed by atoms with Gasteiger partial charge < -0.3 is 9.47 Å². The molecule has 0 aliphatic rings. The molecule has 0 aliphatic heterocycles. The quantitative estimate of drug-likeness (QED) is 0.615. The van der Waals surface area contributed by atoms with E-state index in [4.69, 9.17) is 9.47 Å². The third-order valence-corrected chi connectivity index (χ3v) is 5.49. The number of amides is 1. The van der Waals surface area contributed by atoms with Crippen molar-refractivity contribution < 1.29 is 14.3 Å². The monoisotopic (exact) mass is 387 g/mol. The van der Waals surface area contributed by atoms with Crippen LogP contribution in [0.4, 0.5) is 5.13 Å². The van der Waals surface area contributed by atoms with Gasteiger partial charge in [-0.3, -0.25) is 10.1 Å². The number of carbonyl (C=O) groups excluding carboxylic acids is 1. The summed E-state index contributed by atoms with van der Waals surface area (Å²) in [5.41, 5.74) is 0.327. The number of thioether (sulfide) groups is 1. The van der Waals surface area contributed by atoms with E-state index in [0.29, 0.717) is 27.9 Å². The minimum atomic E-state index is -0.349. The van der Waals surface area contributed by atoms with Gasteiger partial charge in [-0.2, -0.15) is 0 Å². The summed E-state index contributed by atoms with van der Waals surface area (Å²) in [6.45, 7) is 0. The third-order valence-electron chi connectivity index (χ3n) is 3.45. The molecule has 0 unspecified atom stereocenters. The van der Waals surface area contributed by atoms with Gasteiger partial charge in [0.2, 0.25) is 5.13 Å². The Kier molecular flexibility index (Phi) is 6.08. The molecule has 26 heavy (non-hydrogen) atoms. The predicted molar refractivity (Wildman–Crippen MR) is 103 cm³/mol. The summed E-state index contributed by atoms with van der Waals surface area (Å²) in [5.74, 6) is 1.21. The van der Waals surface area contributed by atoms with E-state index >= 15 is 0 Å². The molecule has 8 heteroatoms. The Morgan fingerprint density at radius 1 is 1.04 bits per heavy atom. The number of benzene rings is 2. The Balaban J connectivity index is 1.68. The third kappa shape index (κ3) is 4.33. The molecule has 3 aromatic rings. The van der Waals surface area contributed by atoms with E-state index in [0.717, 1.165) is 9.90 Å². The summed E-state index contributed by atoms with van der Waals surface area (Å²) in [6, 6.07) is 15.2. The average molecular weight is 387 g/mol. The van der Waals surface area contributed by atoms with Crippen LogP contribution in [0, 0.1) is 0 Å². The van der Waals surface area contributed by atoms with Crippen LogP contribution in [0.15, 0.2) is 53.4 Å². The van der Waals surface area contributed by atoms with Gasteiger partial charge in [0.25, 0.3) is 5.91 Å². The lowest BCUT2D eigenvalue weighted by Crippen LogP contribution is -2.14. The van der Waals surface area contributed by atoms with E-state index < -0.39 is 0 Å². The number of anilines is 1. The molecule has 1 heterocycles. The molecule has 6 nitrogen and oxygen atoms in total. The second-order valence-electron chi connectivity index (χ2n) is 5.09. The number of hydrogen-bond acceptors (Lipinski definition) is 7. The van der Waals surface area contributed by atoms with Crippen molar-refractivity contribution >= 4 is 34.1 Å². The molecule has 0 aliphatic carbocycles. The fraction of sp³-hybridized carbons (Fsp3) is 0.167. The van der Waals surface area contributed by atoms with E-state index in [1.54, 1.807) is 30.0 Å². The molecule has 2 aromatic carbocycles. The van der Waals surface area contributed by atoms with Gasteiger partial charge in [-0.05, 0) is 24.3 Å². The van der Waals surface area contributed by atoms with Gasteiger partial charge in [0.15, 0.2) is 0 Å². The zero-order valence-electron chi connectivity index (χ0n) is 14.3. The van der Waals surface area contributed by atoms with Crippen molar-refractivity contribution in [1.29, 1.82) is 0 Å². The SMILES string of the molecule is COc1cccc(OC)c1C(=O)Nc1nnc(CSc2ccccc2)s1. The molecule has 0 atom stereocenters. The number of nitrogens with one attached hydrogen (secondary N) is 1. The van der Waals surface area contributed by atoms with Crippen molar-refractivity contribution in [3.63, 3.8) is 0 Å². The van der Waals surface area contributed by atoms with Crippen molar-refractivity contribution in [1.82, 2.24) is 10.2 Å². The highest BCUT2D eigenvalue weighted by atomic mass is 32.2. The summed E-state index contributed by atoms with van der Waals surface area (Å²) >= 11 is 3.01. The number of rotatable bonds is 7. The number of carbonyl (C=O) groups is 1. The zero-order valence-corrected chi connectivity index (χ0v) is 15.9. The van der Waals surface area contributed by atoms with E-state index in [2.05, 4.69) is 15.5 Å². The largest absolute Gasteiger partial charge is 0.496 e. The Morgan fingerprint density at radius 2 is 1.73 bits per heavy atom. The van der Waals surface area contributed by atoms with Gasteiger partial charge in [0.05, 0.1) is 20.0 Å². The van der Waals surface area contributed by atoms with E-state index in [9.17, 15) is 4.79 Å². The first-order chi connectivity index (χ1) is 12.7. The molecule has 3 rings (SSSR count). The maximum Gasteiger partial charge on any atom is 0.265 e. The molecule has 0 saturated heterocycles. The highest BCUT2D eigenvalue weighted by molar-refractivity contribution is 7.98. The van der Waals surface area contributed by atoms with Crippen LogP contribution < -0.4 is 14.8 Å². The van der Waals surface area contributed by atoms with Crippen LogP contribution in [0.5, 0.6) is 11.5 Å². The molecule has 0 fully saturated rings. The van der Waals surface area contributed by atoms with Gasteiger partial charge in [0.1, 0.15) is 22.1 Å². The molecule has 1 N–H and O–H groups in total. The summed E-state index contributed by atoms with van der Waals surface area (Å²) in [6.07, 6.45) is 0. The summed E-state index contributed by atoms with van der Waals surface area (Å²) < 4.78 is 10.5. The Morgan fingerprint density at radius 3 is 2.38 bits per heavy atom. The summed E-state index contributed by atoms with van der Waals surface area (Å²) in [4.78, 5) is 13.8. The molecule has 0 spiro atoms. The summed E-state index contributed by atoms with van der Waals surface area (Å²) in [5, 5.41) is 12.2. The lowest BCUT2D eigenvalue weighted by molar-refractivity contribution is 0.102. The van der Waals surface area contributed by atoms with E-state index in [1.165, 1.54) is 25.6 Å². The van der Waals surface area contributed by atoms with Crippen molar-refractivity contribution in [2.45, 2.75) is 10.6 Å². The first-order valence-corrected chi connectivity index (χ1v) is 9.54. The Bertz CT molecular complexity index is 862. The number of aromatic nitrogens is 2. The minimum Gasteiger partial charge on any atom is -0.496 e. The Labute approximate surface area is 159 Å². The maximum absolute atomic E-state index is 12.6. The second-order valence-corrected chi connectivity index (χ2v) is 7.21. The van der Waals surface area contributed by atoms with Crippen molar-refractivity contribution in [3.05, 3.63) is 59.1 Å². The standard InChI is InChI=1S/C18H17N3O3S2/c1-23-13-9-6-10-14(24-2)16(13)17(22)19-18-21-20-15(26-18)11-25-12-7-4-3-5-8-12/h3-10H,11H2,1-2H3,(H,19,21,22). The van der Waals surface area contributed by atoms with Gasteiger partial charge in [-0.1, -0.05) is 35.6 Å². The topological polar surface area (TPSA) is 73.3 Å². The van der Waals surface area contributed by atoms with Crippen LogP contribution in [-0.4, -0.2) is 30.3 Å². The van der Waals surface area contributed by atoms with Gasteiger partial charge in [-0.15, -0.1) is 22.0 Å². The highest BCUT2D eigenvalue weighted by Gasteiger charge is 2.19. The predicted octanol–water partition coefficient (Wildman–Crippen LogP) is 4.10. The number of nitrogens with zero attached hydrogens (tertiary/aromatic N) is 2. The number of ether oxygens (including phenoxy) is 2. The van der Waals surface area contributed by atoms with Crippen molar-refractivity contribution in [3.8, 4) is 11.5 Å². The van der Waals surface area contributed by atoms with Crippen LogP contribution in [-0.2, 0) is 5.75 Å². The fourth-order valence-electron chi connectivity index (χ4n) is 2.26. The normalized spacial score (nSPS) is 10.4. The minimum absolute atomic E-state index is 0.327. The van der Waals surface area contributed by atoms with Crippen LogP contribution in [0.3, 0.4) is 0 Å². The van der Waals surface area contributed by atoms with Crippen LogP contribution in [0.1, 0.15) is 15.4 Å². The van der Waals surface area contributed by atoms with Gasteiger partial charge in [-0.25, -0.2) is 0 Å². The van der Waals surface area contributed by atoms with Crippen LogP contribution in [0.25, 0.3) is 0 Å². The number of hydrogen-bond donors (Lipinski definition) is 1. The maximum atomic E-state index is 12.6. The van der Waals surface area contributed by atoms with Gasteiger partial charge in [0, 0.05) is 4.90 Å². The second kappa shape index (κ2) is 8.68. The van der Waals surface area contributed by atoms with Crippen molar-refractivity contribution in [2.75, 3.05) is 19.5 Å². The average Bonchev–Trinajstić information content (AvgIpc) is 3.13. The number of methoxy groups -OCH3 is 2. The first-order valence-electron chi connectivity index (χ1n) is 7.74. The highest BCUT2D eigenvalue weighted by Crippen LogP contribution is 2.30. The van der Waals surface area contributed by atoms with E-state index in [-0.39, 0.29) is 5.91 Å². The molecular weight excluding hydrogens is 370 g/mol. The van der Waals surface area contributed by atoms with Gasteiger partial charge >= 0.3 is 0 Å². The molecule has 0 bridgehead atoms. The zero-order chi connectivity index (χ0) is 18.4. The molecule has 134 valence electrons. The van der Waals surface area contributed by atoms with Crippen LogP contribution in [0.2, 0.25) is 0 Å². The summed E-state index contributed by atoms with van der Waals surface area (Å²) in [7, 11) is 3.02. The first kappa shape index (κ1) is 18.2. The lowest BCUT2D eigenvalue weighted by atomic mass is 10.1. The van der Waals surface area contributed by atoms with Crippen LogP contribution >= 0.6 is 23.1 Å². The molecular formula is C18H17N3O3S2. The molecule has 0 saturated carbocycles. The fourth-order valence-corrected chi connectivity index (χ4v) is 3.90.